The number of nitrogens with zero attached hydrogens (tertiary/aromatic N) is 12. The van der Waals surface area contributed by atoms with E-state index in [0.717, 1.165) is 48.1 Å². The van der Waals surface area contributed by atoms with E-state index in [1.807, 2.05) is 240 Å². The average Bonchev–Trinajstić information content (AvgIpc) is 3.98. The number of likely N-dealkylation sites (N-methyl/N-ethyl adjacent to an activating group) is 2. The summed E-state index contributed by atoms with van der Waals surface area (Å²) in [5.74, 6) is 2.46. The van der Waals surface area contributed by atoms with Gasteiger partial charge in [-0.05, 0) is 78.2 Å². The summed E-state index contributed by atoms with van der Waals surface area (Å²) in [5.41, 5.74) is 13.3. The van der Waals surface area contributed by atoms with E-state index in [1.165, 1.54) is 0 Å². The van der Waals surface area contributed by atoms with E-state index in [1.54, 1.807) is 0 Å². The van der Waals surface area contributed by atoms with Gasteiger partial charge in [0.05, 0.1) is 105 Å². The van der Waals surface area contributed by atoms with Crippen molar-refractivity contribution in [1.82, 2.24) is 24.3 Å². The van der Waals surface area contributed by atoms with Crippen LogP contribution in [0.4, 0.5) is 34.9 Å². The standard InChI is InChI=1S/3C11H13N4.C8H20N2O.C6H16N2O.C2H6.3Y/c3*1-14-8-9-15(2)11(14)13-12-10-6-4-3-5-7-10;1-7(10-4)6-11-8(2)5-9-3;1-5(8)4-9-6(2)3-7;1-2;;;/h3*3-9H,1-2H3;7-10H,5-6H2,1-4H3;5-6H,3-4,7-8H2,1-2H3;1-2H3;;;/q3*+1;;;;;;. The summed E-state index contributed by atoms with van der Waals surface area (Å²) in [7, 11) is 15.5. The van der Waals surface area contributed by atoms with Crippen molar-refractivity contribution in [2.24, 2.45) is 84.4 Å². The minimum atomic E-state index is 0. The second-order valence-corrected chi connectivity index (χ2v) is 15.3. The van der Waals surface area contributed by atoms with Gasteiger partial charge in [0.15, 0.2) is 0 Å². The maximum Gasteiger partial charge on any atom is 0.421 e. The number of benzene rings is 3. The van der Waals surface area contributed by atoms with E-state index in [0.29, 0.717) is 25.3 Å². The van der Waals surface area contributed by atoms with Crippen LogP contribution in [0.2, 0.25) is 0 Å². The molecule has 0 amide bonds. The molecule has 6 aromatic rings. The molecule has 70 heavy (non-hydrogen) atoms. The second-order valence-electron chi connectivity index (χ2n) is 15.3. The molecule has 3 radical (unpaired) electrons. The van der Waals surface area contributed by atoms with Crippen LogP contribution in [0.1, 0.15) is 41.5 Å². The molecule has 375 valence electrons. The predicted molar refractivity (Wildman–Crippen MR) is 269 cm³/mol. The van der Waals surface area contributed by atoms with E-state index in [2.05, 4.69) is 55.2 Å². The van der Waals surface area contributed by atoms with Crippen molar-refractivity contribution < 1.29 is 121 Å². The van der Waals surface area contributed by atoms with E-state index in [9.17, 15) is 0 Å². The maximum absolute atomic E-state index is 5.51. The fourth-order valence-corrected chi connectivity index (χ4v) is 5.08. The number of rotatable bonds is 16. The van der Waals surface area contributed by atoms with Crippen LogP contribution in [0.3, 0.4) is 0 Å². The number of imidazole rings is 3. The monoisotopic (exact) mass is 1190 g/mol. The van der Waals surface area contributed by atoms with Gasteiger partial charge in [0.2, 0.25) is 0 Å². The molecule has 3 heterocycles. The van der Waals surface area contributed by atoms with Gasteiger partial charge in [-0.25, -0.2) is 27.4 Å². The molecule has 0 bridgehead atoms. The van der Waals surface area contributed by atoms with E-state index >= 15 is 0 Å². The summed E-state index contributed by atoms with van der Waals surface area (Å²) in [6.07, 6.45) is 12.1. The molecular formula is C49H81N16O2Y3+3. The number of nitrogens with two attached hydrogens (primary N) is 2. The summed E-state index contributed by atoms with van der Waals surface area (Å²) < 4.78 is 22.3. The predicted octanol–water partition coefficient (Wildman–Crippen LogP) is 7.73. The van der Waals surface area contributed by atoms with Crippen molar-refractivity contribution in [3.05, 3.63) is 128 Å². The molecule has 0 fully saturated rings. The van der Waals surface area contributed by atoms with Gasteiger partial charge in [0, 0.05) is 139 Å². The second kappa shape index (κ2) is 43.7. The van der Waals surface area contributed by atoms with Gasteiger partial charge in [-0.1, -0.05) is 83.8 Å². The fraction of sp³-hybridized carbons (Fsp3) is 0.449. The number of aryl methyl sites for hydroxylation is 6. The first-order valence-corrected chi connectivity index (χ1v) is 22.6. The number of azo groups is 3. The zero-order valence-corrected chi connectivity index (χ0v) is 52.8. The smallest absolute Gasteiger partial charge is 0.376 e. The average molecular weight is 1190 g/mol. The van der Waals surface area contributed by atoms with Crippen molar-refractivity contribution >= 4 is 34.9 Å². The fourth-order valence-electron chi connectivity index (χ4n) is 5.08. The van der Waals surface area contributed by atoms with Crippen molar-refractivity contribution in [2.75, 3.05) is 40.4 Å². The Kier molecular flexibility index (Phi) is 44.6. The van der Waals surface area contributed by atoms with Crippen LogP contribution in [0.25, 0.3) is 0 Å². The Balaban J connectivity index is -0.000000796. The Morgan fingerprint density at radius 2 is 0.843 bits per heavy atom. The molecule has 0 saturated carbocycles. The van der Waals surface area contributed by atoms with Gasteiger partial charge < -0.3 is 31.6 Å². The number of hydrogen-bond donors (Lipinski definition) is 4. The summed E-state index contributed by atoms with van der Waals surface area (Å²) in [6.45, 7) is 14.9. The number of ether oxygens (including phenoxy) is 2. The quantitative estimate of drug-likeness (QED) is 0.0566. The molecule has 3 aromatic carbocycles. The molecule has 0 spiro atoms. The van der Waals surface area contributed by atoms with Gasteiger partial charge in [-0.2, -0.15) is 0 Å². The molecule has 0 aliphatic rings. The molecule has 0 saturated heterocycles. The third-order valence-electron chi connectivity index (χ3n) is 9.06. The van der Waals surface area contributed by atoms with Crippen LogP contribution in [-0.2, 0) is 150 Å². The van der Waals surface area contributed by atoms with E-state index in [4.69, 9.17) is 20.9 Å². The summed E-state index contributed by atoms with van der Waals surface area (Å²) >= 11 is 0. The van der Waals surface area contributed by atoms with Gasteiger partial charge in [0.25, 0.3) is 0 Å². The Morgan fingerprint density at radius 1 is 0.529 bits per heavy atom. The zero-order chi connectivity index (χ0) is 50.0. The van der Waals surface area contributed by atoms with Gasteiger partial charge in [-0.15, -0.1) is 0 Å². The molecule has 4 atom stereocenters. The van der Waals surface area contributed by atoms with Crippen molar-refractivity contribution in [3.63, 3.8) is 0 Å². The molecule has 0 aliphatic heterocycles. The first-order valence-electron chi connectivity index (χ1n) is 22.6. The molecule has 18 nitrogen and oxygen atoms in total. The largest absolute Gasteiger partial charge is 0.421 e. The van der Waals surface area contributed by atoms with Crippen LogP contribution < -0.4 is 35.8 Å². The molecule has 0 aliphatic carbocycles. The summed E-state index contributed by atoms with van der Waals surface area (Å²) in [5, 5.41) is 31.2. The Hall–Kier alpha value is -2.84. The third kappa shape index (κ3) is 31.6. The Bertz CT molecular complexity index is 1960. The van der Waals surface area contributed by atoms with Crippen LogP contribution in [0.15, 0.2) is 159 Å². The first-order chi connectivity index (χ1) is 32.2. The number of aromatic nitrogens is 6. The Labute approximate surface area is 494 Å². The molecule has 4 unspecified atom stereocenters. The van der Waals surface area contributed by atoms with Gasteiger partial charge >= 0.3 is 17.8 Å². The van der Waals surface area contributed by atoms with Crippen molar-refractivity contribution in [2.45, 2.75) is 65.8 Å². The minimum Gasteiger partial charge on any atom is -0.376 e. The number of hydrogen-bond acceptors (Lipinski definition) is 12. The van der Waals surface area contributed by atoms with Crippen molar-refractivity contribution in [1.29, 1.82) is 0 Å². The molecule has 6 rings (SSSR count). The normalized spacial score (nSPS) is 12.0. The topological polar surface area (TPSA) is 195 Å². The van der Waals surface area contributed by atoms with Crippen LogP contribution in [0.5, 0.6) is 0 Å². The number of nitrogens with one attached hydrogen (secondary N) is 2. The van der Waals surface area contributed by atoms with Gasteiger partial charge in [-0.3, -0.25) is 0 Å². The zero-order valence-electron chi connectivity index (χ0n) is 44.3. The molecule has 3 aromatic heterocycles. The van der Waals surface area contributed by atoms with Crippen LogP contribution in [0, 0.1) is 0 Å². The van der Waals surface area contributed by atoms with Gasteiger partial charge in [0.1, 0.15) is 17.1 Å². The SMILES string of the molecule is CC.CC(N)COC(C)CN.CNCC(C)OCC(C)NC.Cn1cc[n+](C)c1N=Nc1ccccc1.Cn1cc[n+](C)c1N=Nc1ccccc1.Cn1cc[n+](C)c1N=Nc1ccccc1.[Y].[Y].[Y]. The Morgan fingerprint density at radius 3 is 1.09 bits per heavy atom. The van der Waals surface area contributed by atoms with E-state index < -0.39 is 0 Å². The minimum absolute atomic E-state index is 0. The summed E-state index contributed by atoms with van der Waals surface area (Å²) in [4.78, 5) is 0. The molecule has 6 N–H and O–H groups in total. The van der Waals surface area contributed by atoms with E-state index in [-0.39, 0.29) is 110 Å². The maximum atomic E-state index is 5.51. The van der Waals surface area contributed by atoms with Crippen molar-refractivity contribution in [3.8, 4) is 0 Å². The molecular weight excluding hydrogens is 1110 g/mol. The first kappa shape index (κ1) is 71.4. The molecule has 21 heteroatoms. The van der Waals surface area contributed by atoms with Crippen LogP contribution in [-0.4, -0.2) is 78.4 Å². The summed E-state index contributed by atoms with van der Waals surface area (Å²) in [6, 6.07) is 29.6. The van der Waals surface area contributed by atoms with Crippen LogP contribution >= 0.6 is 0 Å². The third-order valence-corrected chi connectivity index (χ3v) is 9.06.